The zero-order valence-electron chi connectivity index (χ0n) is 22.7. The fourth-order valence-corrected chi connectivity index (χ4v) is 8.09. The number of rotatable bonds is 10. The lowest BCUT2D eigenvalue weighted by atomic mass is 9.88. The van der Waals surface area contributed by atoms with Gasteiger partial charge in [0.1, 0.15) is 17.9 Å². The lowest BCUT2D eigenvalue weighted by Gasteiger charge is -2.40. The molecule has 2 saturated heterocycles. The molecule has 1 saturated carbocycles. The number of aryl methyl sites for hydroxylation is 1. The molecule has 5 rings (SSSR count). The van der Waals surface area contributed by atoms with Crippen LogP contribution in [0.3, 0.4) is 0 Å². The Balaban J connectivity index is 1.26. The Kier molecular flexibility index (Phi) is 8.44. The summed E-state index contributed by atoms with van der Waals surface area (Å²) < 4.78 is 2.42. The Morgan fingerprint density at radius 2 is 1.81 bits per heavy atom. The average molecular weight is 526 g/mol. The van der Waals surface area contributed by atoms with Crippen LogP contribution in [-0.4, -0.2) is 50.5 Å². The van der Waals surface area contributed by atoms with Crippen molar-refractivity contribution in [1.82, 2.24) is 25.0 Å². The molecule has 3 atom stereocenters. The molecule has 8 heteroatoms. The van der Waals surface area contributed by atoms with Crippen LogP contribution in [-0.2, 0) is 16.0 Å². The summed E-state index contributed by atoms with van der Waals surface area (Å²) in [5, 5.41) is 12.4. The highest BCUT2D eigenvalue weighted by molar-refractivity contribution is 7.12. The molecule has 7 nitrogen and oxygen atoms in total. The van der Waals surface area contributed by atoms with Gasteiger partial charge in [0.2, 0.25) is 5.91 Å². The zero-order chi connectivity index (χ0) is 25.9. The average Bonchev–Trinajstić information content (AvgIpc) is 3.58. The monoisotopic (exact) mass is 525 g/mol. The minimum absolute atomic E-state index is 0.0181. The van der Waals surface area contributed by atoms with Gasteiger partial charge in [-0.3, -0.25) is 9.69 Å². The third-order valence-corrected chi connectivity index (χ3v) is 10.1. The fraction of sp³-hybridized carbons (Fsp3) is 0.724. The number of amides is 1. The number of carbonyl (C=O) groups excluding carboxylic acids is 2. The molecule has 2 unspecified atom stereocenters. The normalized spacial score (nSPS) is 25.5. The lowest BCUT2D eigenvalue weighted by molar-refractivity contribution is -0.126. The van der Waals surface area contributed by atoms with Crippen LogP contribution >= 0.6 is 11.3 Å². The van der Waals surface area contributed by atoms with Crippen molar-refractivity contribution in [2.24, 2.45) is 5.92 Å². The number of aromatic nitrogens is 3. The molecule has 0 spiro atoms. The van der Waals surface area contributed by atoms with E-state index in [-0.39, 0.29) is 17.9 Å². The van der Waals surface area contributed by atoms with Gasteiger partial charge in [-0.25, -0.2) is 0 Å². The van der Waals surface area contributed by atoms with Crippen molar-refractivity contribution in [3.05, 3.63) is 33.5 Å². The number of hydrogen-bond acceptors (Lipinski definition) is 6. The smallest absolute Gasteiger partial charge is 0.223 e. The van der Waals surface area contributed by atoms with E-state index in [2.05, 4.69) is 57.9 Å². The van der Waals surface area contributed by atoms with Gasteiger partial charge in [-0.05, 0) is 64.0 Å². The summed E-state index contributed by atoms with van der Waals surface area (Å²) in [4.78, 5) is 29.3. The number of fused-ring (bicyclic) bond motifs is 2. The molecule has 1 N–H and O–H groups in total. The quantitative estimate of drug-likeness (QED) is 0.414. The van der Waals surface area contributed by atoms with E-state index in [0.29, 0.717) is 30.5 Å². The van der Waals surface area contributed by atoms with Gasteiger partial charge in [-0.15, -0.1) is 21.5 Å². The summed E-state index contributed by atoms with van der Waals surface area (Å²) >= 11 is 1.68. The van der Waals surface area contributed by atoms with Crippen LogP contribution in [0.15, 0.2) is 12.1 Å². The first-order valence-electron chi connectivity index (χ1n) is 14.4. The van der Waals surface area contributed by atoms with Gasteiger partial charge in [0.15, 0.2) is 0 Å². The molecule has 37 heavy (non-hydrogen) atoms. The van der Waals surface area contributed by atoms with Crippen molar-refractivity contribution < 1.29 is 9.59 Å². The Labute approximate surface area is 225 Å². The Hall–Kier alpha value is -2.06. The standard InChI is InChI=1S/C29H43N5O2S/c1-19(2)28-32-31-20(3)34(28)24-17-22-9-10-23(18-24)33(22)15-13-26(27-12-11-25(37-27)14-16-35)30-29(36)21-7-5-4-6-8-21/h11-12,16,19,21-24,26H,4-10,13-15,17-18H2,1-3H3,(H,30,36)/t22?,23?,24?,26-/m0/s1. The fourth-order valence-electron chi connectivity index (χ4n) is 7.04. The lowest BCUT2D eigenvalue weighted by Crippen LogP contribution is -2.45. The maximum atomic E-state index is 13.2. The number of nitrogens with zero attached hydrogens (tertiary/aromatic N) is 4. The van der Waals surface area contributed by atoms with E-state index in [1.165, 1.54) is 24.1 Å². The van der Waals surface area contributed by atoms with Crippen molar-refractivity contribution in [2.75, 3.05) is 6.54 Å². The molecule has 3 fully saturated rings. The van der Waals surface area contributed by atoms with Crippen LogP contribution in [0.25, 0.3) is 0 Å². The maximum Gasteiger partial charge on any atom is 0.223 e. The molecule has 1 amide bonds. The highest BCUT2D eigenvalue weighted by Gasteiger charge is 2.42. The van der Waals surface area contributed by atoms with E-state index < -0.39 is 0 Å². The van der Waals surface area contributed by atoms with E-state index in [0.717, 1.165) is 74.3 Å². The van der Waals surface area contributed by atoms with Gasteiger partial charge in [0.05, 0.1) is 6.04 Å². The number of piperidine rings is 1. The molecule has 2 aromatic heterocycles. The summed E-state index contributed by atoms with van der Waals surface area (Å²) in [6.45, 7) is 7.50. The summed E-state index contributed by atoms with van der Waals surface area (Å²) in [7, 11) is 0. The minimum Gasteiger partial charge on any atom is -0.348 e. The van der Waals surface area contributed by atoms with Crippen LogP contribution < -0.4 is 5.32 Å². The number of thiophene rings is 1. The zero-order valence-corrected chi connectivity index (χ0v) is 23.5. The van der Waals surface area contributed by atoms with E-state index >= 15 is 0 Å². The number of aldehydes is 1. The Morgan fingerprint density at radius 3 is 2.49 bits per heavy atom. The first-order chi connectivity index (χ1) is 17.9. The third-order valence-electron chi connectivity index (χ3n) is 8.91. The van der Waals surface area contributed by atoms with Crippen molar-refractivity contribution in [3.63, 3.8) is 0 Å². The van der Waals surface area contributed by atoms with Crippen LogP contribution in [0.1, 0.15) is 117 Å². The molecular weight excluding hydrogens is 482 g/mol. The number of nitrogens with one attached hydrogen (secondary N) is 1. The highest BCUT2D eigenvalue weighted by Crippen LogP contribution is 2.42. The first kappa shape index (κ1) is 26.5. The van der Waals surface area contributed by atoms with Crippen molar-refractivity contribution in [3.8, 4) is 0 Å². The van der Waals surface area contributed by atoms with E-state index in [4.69, 9.17) is 0 Å². The topological polar surface area (TPSA) is 80.1 Å². The van der Waals surface area contributed by atoms with Crippen molar-refractivity contribution >= 4 is 23.5 Å². The predicted octanol–water partition coefficient (Wildman–Crippen LogP) is 5.51. The second kappa shape index (κ2) is 11.8. The molecule has 0 aromatic carbocycles. The maximum absolute atomic E-state index is 13.2. The summed E-state index contributed by atoms with van der Waals surface area (Å²) in [5.41, 5.74) is 0. The van der Waals surface area contributed by atoms with Gasteiger partial charge in [-0.1, -0.05) is 33.1 Å². The first-order valence-corrected chi connectivity index (χ1v) is 15.3. The summed E-state index contributed by atoms with van der Waals surface area (Å²) in [6, 6.07) is 5.83. The van der Waals surface area contributed by atoms with Crippen LogP contribution in [0.2, 0.25) is 0 Å². The van der Waals surface area contributed by atoms with E-state index in [9.17, 15) is 9.59 Å². The van der Waals surface area contributed by atoms with Crippen LogP contribution in [0.5, 0.6) is 0 Å². The van der Waals surface area contributed by atoms with Gasteiger partial charge >= 0.3 is 0 Å². The van der Waals surface area contributed by atoms with Gasteiger partial charge in [-0.2, -0.15) is 0 Å². The van der Waals surface area contributed by atoms with E-state index in [1.54, 1.807) is 11.3 Å². The van der Waals surface area contributed by atoms with Crippen LogP contribution in [0.4, 0.5) is 0 Å². The minimum atomic E-state index is 0.0181. The van der Waals surface area contributed by atoms with E-state index in [1.807, 2.05) is 0 Å². The highest BCUT2D eigenvalue weighted by atomic mass is 32.1. The Bertz CT molecular complexity index is 1060. The van der Waals surface area contributed by atoms with Gasteiger partial charge < -0.3 is 14.7 Å². The molecule has 2 aliphatic heterocycles. The molecule has 2 aromatic rings. The molecule has 1 aliphatic carbocycles. The van der Waals surface area contributed by atoms with Crippen molar-refractivity contribution in [1.29, 1.82) is 0 Å². The van der Waals surface area contributed by atoms with Crippen LogP contribution in [0, 0.1) is 12.8 Å². The molecule has 2 bridgehead atoms. The molecule has 202 valence electrons. The van der Waals surface area contributed by atoms with Gasteiger partial charge in [0.25, 0.3) is 0 Å². The summed E-state index contributed by atoms with van der Waals surface area (Å²) in [6.07, 6.45) is 12.7. The number of hydrogen-bond donors (Lipinski definition) is 1. The Morgan fingerprint density at radius 1 is 1.08 bits per heavy atom. The summed E-state index contributed by atoms with van der Waals surface area (Å²) in [5.74, 6) is 2.90. The second-order valence-electron chi connectivity index (χ2n) is 11.7. The molecular formula is C29H43N5O2S. The van der Waals surface area contributed by atoms with Crippen molar-refractivity contribution in [2.45, 2.75) is 121 Å². The largest absolute Gasteiger partial charge is 0.348 e. The SMILES string of the molecule is Cc1nnc(C(C)C)n1C1CC2CCC(C1)N2CC[C@H](NC(=O)C1CCCCC1)c1ccc(CC=O)s1. The third kappa shape index (κ3) is 5.85. The van der Waals surface area contributed by atoms with Gasteiger partial charge in [0, 0.05) is 52.7 Å². The second-order valence-corrected chi connectivity index (χ2v) is 12.9. The molecule has 4 heterocycles. The number of carbonyl (C=O) groups is 2. The molecule has 3 aliphatic rings. The molecule has 0 radical (unpaired) electrons. The predicted molar refractivity (Wildman–Crippen MR) is 147 cm³/mol.